The third kappa shape index (κ3) is 5.94. The van der Waals surface area contributed by atoms with E-state index in [-0.39, 0.29) is 5.69 Å². The molecule has 0 unspecified atom stereocenters. The fraction of sp³-hybridized carbons (Fsp3) is 0.111. The van der Waals surface area contributed by atoms with Crippen LogP contribution in [0.1, 0.15) is 11.1 Å². The molecule has 2 aromatic rings. The first kappa shape index (κ1) is 20.6. The van der Waals surface area contributed by atoms with Gasteiger partial charge in [-0.3, -0.25) is 14.9 Å². The Morgan fingerprint density at radius 1 is 1.11 bits per heavy atom. The second-order valence-corrected chi connectivity index (χ2v) is 5.38. The third-order valence-electron chi connectivity index (χ3n) is 3.37. The number of non-ortho nitro benzene ring substituents is 1. The van der Waals surface area contributed by atoms with Crippen LogP contribution in [0.2, 0.25) is 0 Å². The van der Waals surface area contributed by atoms with E-state index in [4.69, 9.17) is 0 Å². The fourth-order valence-electron chi connectivity index (χ4n) is 2.08. The van der Waals surface area contributed by atoms with Crippen molar-refractivity contribution in [2.75, 3.05) is 11.9 Å². The van der Waals surface area contributed by atoms with E-state index in [0.717, 1.165) is 18.2 Å². The number of alkyl halides is 3. The highest BCUT2D eigenvalue weighted by Crippen LogP contribution is 2.34. The minimum Gasteiger partial charge on any atom is -0.452 e. The zero-order valence-corrected chi connectivity index (χ0v) is 14.1. The van der Waals surface area contributed by atoms with Crippen LogP contribution in [0.25, 0.3) is 6.08 Å². The van der Waals surface area contributed by atoms with Crippen LogP contribution in [-0.4, -0.2) is 23.4 Å². The first-order chi connectivity index (χ1) is 13.2. The molecule has 0 aromatic heterocycles. The summed E-state index contributed by atoms with van der Waals surface area (Å²) < 4.78 is 43.2. The maximum absolute atomic E-state index is 12.9. The second-order valence-electron chi connectivity index (χ2n) is 5.38. The molecule has 10 heteroatoms. The molecule has 0 aliphatic heterocycles. The van der Waals surface area contributed by atoms with E-state index in [1.54, 1.807) is 0 Å². The lowest BCUT2D eigenvalue weighted by molar-refractivity contribution is -0.384. The molecule has 7 nitrogen and oxygen atoms in total. The van der Waals surface area contributed by atoms with E-state index in [0.29, 0.717) is 5.56 Å². The van der Waals surface area contributed by atoms with Crippen molar-refractivity contribution in [1.82, 2.24) is 0 Å². The van der Waals surface area contributed by atoms with Gasteiger partial charge in [0.25, 0.3) is 11.6 Å². The Bertz CT molecular complexity index is 908. The summed E-state index contributed by atoms with van der Waals surface area (Å²) in [6.45, 7) is -0.782. The summed E-state index contributed by atoms with van der Waals surface area (Å²) >= 11 is 0. The Morgan fingerprint density at radius 3 is 2.36 bits per heavy atom. The number of ether oxygens (including phenoxy) is 1. The molecule has 0 fully saturated rings. The smallest absolute Gasteiger partial charge is 0.418 e. The van der Waals surface area contributed by atoms with E-state index >= 15 is 0 Å². The number of amides is 1. The molecule has 0 aliphatic carbocycles. The number of para-hydroxylation sites is 1. The molecule has 0 saturated heterocycles. The summed E-state index contributed by atoms with van der Waals surface area (Å²) in [5.41, 5.74) is -1.10. The van der Waals surface area contributed by atoms with Gasteiger partial charge >= 0.3 is 12.1 Å². The Balaban J connectivity index is 1.89. The topological polar surface area (TPSA) is 98.5 Å². The van der Waals surface area contributed by atoms with E-state index in [9.17, 15) is 32.9 Å². The van der Waals surface area contributed by atoms with Gasteiger partial charge in [0.15, 0.2) is 6.61 Å². The molecule has 2 aromatic carbocycles. The Kier molecular flexibility index (Phi) is 6.48. The largest absolute Gasteiger partial charge is 0.452 e. The summed E-state index contributed by atoms with van der Waals surface area (Å²) in [6.07, 6.45) is -2.35. The standard InChI is InChI=1S/C18H13F3N2O5/c19-18(20,21)14-3-1-2-4-15(14)22-16(24)11-28-17(25)10-7-12-5-8-13(9-6-12)23(26)27/h1-10H,11H2,(H,22,24). The van der Waals surface area contributed by atoms with Crippen LogP contribution in [0.4, 0.5) is 24.5 Å². The van der Waals surface area contributed by atoms with Crippen LogP contribution >= 0.6 is 0 Å². The molecule has 0 aliphatic rings. The molecule has 0 spiro atoms. The molecule has 0 bridgehead atoms. The van der Waals surface area contributed by atoms with Gasteiger partial charge in [-0.2, -0.15) is 13.2 Å². The lowest BCUT2D eigenvalue weighted by Gasteiger charge is -2.13. The number of rotatable bonds is 6. The van der Waals surface area contributed by atoms with Crippen molar-refractivity contribution in [3.05, 3.63) is 75.8 Å². The quantitative estimate of drug-likeness (QED) is 0.348. The highest BCUT2D eigenvalue weighted by molar-refractivity contribution is 5.95. The van der Waals surface area contributed by atoms with Gasteiger partial charge in [-0.1, -0.05) is 12.1 Å². The van der Waals surface area contributed by atoms with Crippen molar-refractivity contribution in [3.8, 4) is 0 Å². The van der Waals surface area contributed by atoms with E-state index in [1.807, 2.05) is 5.32 Å². The van der Waals surface area contributed by atoms with Crippen molar-refractivity contribution in [2.24, 2.45) is 0 Å². The molecule has 146 valence electrons. The lowest BCUT2D eigenvalue weighted by atomic mass is 10.1. The Labute approximate surface area is 156 Å². The number of nitro benzene ring substituents is 1. The third-order valence-corrected chi connectivity index (χ3v) is 3.37. The van der Waals surface area contributed by atoms with Gasteiger partial charge < -0.3 is 10.1 Å². The highest BCUT2D eigenvalue weighted by atomic mass is 19.4. The number of nitro groups is 1. The molecule has 0 radical (unpaired) electrons. The van der Waals surface area contributed by atoms with Crippen LogP contribution in [0.5, 0.6) is 0 Å². The van der Waals surface area contributed by atoms with Crippen molar-refractivity contribution in [2.45, 2.75) is 6.18 Å². The Hall–Kier alpha value is -3.69. The lowest BCUT2D eigenvalue weighted by Crippen LogP contribution is -2.22. The molecule has 0 atom stereocenters. The number of halogens is 3. The SMILES string of the molecule is O=C(COC(=O)C=Cc1ccc([N+](=O)[O-])cc1)Nc1ccccc1C(F)(F)F. The van der Waals surface area contributed by atoms with Crippen molar-refractivity contribution < 1.29 is 32.4 Å². The molecule has 2 rings (SSSR count). The Morgan fingerprint density at radius 2 is 1.75 bits per heavy atom. The number of hydrogen-bond acceptors (Lipinski definition) is 5. The molecular weight excluding hydrogens is 381 g/mol. The summed E-state index contributed by atoms with van der Waals surface area (Å²) in [4.78, 5) is 33.3. The number of carbonyl (C=O) groups is 2. The van der Waals surface area contributed by atoms with Crippen molar-refractivity contribution in [1.29, 1.82) is 0 Å². The first-order valence-electron chi connectivity index (χ1n) is 7.72. The molecule has 28 heavy (non-hydrogen) atoms. The molecule has 1 N–H and O–H groups in total. The van der Waals surface area contributed by atoms with E-state index < -0.39 is 40.8 Å². The van der Waals surface area contributed by atoms with Gasteiger partial charge in [0.05, 0.1) is 16.2 Å². The maximum atomic E-state index is 12.9. The zero-order chi connectivity index (χ0) is 20.7. The molecular formula is C18H13F3N2O5. The monoisotopic (exact) mass is 394 g/mol. The van der Waals surface area contributed by atoms with Crippen molar-refractivity contribution in [3.63, 3.8) is 0 Å². The van der Waals surface area contributed by atoms with Gasteiger partial charge in [0, 0.05) is 18.2 Å². The summed E-state index contributed by atoms with van der Waals surface area (Å²) in [7, 11) is 0. The summed E-state index contributed by atoms with van der Waals surface area (Å²) in [5.74, 6) is -1.84. The van der Waals surface area contributed by atoms with Crippen LogP contribution in [0.3, 0.4) is 0 Å². The number of carbonyl (C=O) groups excluding carboxylic acids is 2. The van der Waals surface area contributed by atoms with Crippen LogP contribution in [0.15, 0.2) is 54.6 Å². The van der Waals surface area contributed by atoms with Crippen LogP contribution in [-0.2, 0) is 20.5 Å². The number of anilines is 1. The van der Waals surface area contributed by atoms with Gasteiger partial charge in [-0.15, -0.1) is 0 Å². The number of esters is 1. The summed E-state index contributed by atoms with van der Waals surface area (Å²) in [5, 5.41) is 12.6. The number of hydrogen-bond donors (Lipinski definition) is 1. The van der Waals surface area contributed by atoms with Crippen LogP contribution < -0.4 is 5.32 Å². The molecule has 0 saturated carbocycles. The summed E-state index contributed by atoms with van der Waals surface area (Å²) in [6, 6.07) is 9.70. The van der Waals surface area contributed by atoms with Gasteiger partial charge in [0.2, 0.25) is 0 Å². The van der Waals surface area contributed by atoms with Crippen molar-refractivity contribution >= 4 is 29.3 Å². The average molecular weight is 394 g/mol. The number of nitrogens with zero attached hydrogens (tertiary/aromatic N) is 1. The number of benzene rings is 2. The first-order valence-corrected chi connectivity index (χ1v) is 7.72. The molecule has 1 amide bonds. The zero-order valence-electron chi connectivity index (χ0n) is 14.1. The van der Waals surface area contributed by atoms with Gasteiger partial charge in [-0.25, -0.2) is 4.79 Å². The maximum Gasteiger partial charge on any atom is 0.418 e. The highest BCUT2D eigenvalue weighted by Gasteiger charge is 2.33. The number of nitrogens with one attached hydrogen (secondary N) is 1. The fourth-order valence-corrected chi connectivity index (χ4v) is 2.08. The molecule has 0 heterocycles. The minimum atomic E-state index is -4.64. The predicted octanol–water partition coefficient (Wildman–Crippen LogP) is 3.81. The van der Waals surface area contributed by atoms with E-state index in [2.05, 4.69) is 4.74 Å². The van der Waals surface area contributed by atoms with Crippen LogP contribution in [0, 0.1) is 10.1 Å². The normalized spacial score (nSPS) is 11.2. The van der Waals surface area contributed by atoms with Gasteiger partial charge in [-0.05, 0) is 35.9 Å². The minimum absolute atomic E-state index is 0.115. The average Bonchev–Trinajstić information content (AvgIpc) is 2.64. The second kappa shape index (κ2) is 8.80. The van der Waals surface area contributed by atoms with E-state index in [1.165, 1.54) is 42.5 Å². The van der Waals surface area contributed by atoms with Gasteiger partial charge in [0.1, 0.15) is 0 Å². The predicted molar refractivity (Wildman–Crippen MR) is 93.2 cm³/mol.